The van der Waals surface area contributed by atoms with Gasteiger partial charge < -0.3 is 9.64 Å². The van der Waals surface area contributed by atoms with Gasteiger partial charge in [0.05, 0.1) is 12.2 Å². The van der Waals surface area contributed by atoms with Crippen LogP contribution in [0.3, 0.4) is 0 Å². The van der Waals surface area contributed by atoms with Crippen LogP contribution in [0.15, 0.2) is 24.3 Å². The SMILES string of the molecule is CCN(CC)CCCCOc1ccccc1C#N. The molecule has 1 aromatic carbocycles. The molecule has 0 amide bonds. The highest BCUT2D eigenvalue weighted by atomic mass is 16.5. The van der Waals surface area contributed by atoms with E-state index in [1.807, 2.05) is 18.2 Å². The number of nitrogens with zero attached hydrogens (tertiary/aromatic N) is 2. The molecule has 0 saturated carbocycles. The number of unbranched alkanes of at least 4 members (excludes halogenated alkanes) is 1. The van der Waals surface area contributed by atoms with E-state index in [9.17, 15) is 0 Å². The molecule has 0 aromatic heterocycles. The number of hydrogen-bond donors (Lipinski definition) is 0. The lowest BCUT2D eigenvalue weighted by Gasteiger charge is -2.17. The molecule has 1 aromatic rings. The van der Waals surface area contributed by atoms with Crippen LogP contribution in [0.2, 0.25) is 0 Å². The Morgan fingerprint density at radius 1 is 1.17 bits per heavy atom. The first-order valence-corrected chi connectivity index (χ1v) is 6.66. The Balaban J connectivity index is 2.24. The van der Waals surface area contributed by atoms with E-state index in [1.165, 1.54) is 0 Å². The van der Waals surface area contributed by atoms with Crippen molar-refractivity contribution < 1.29 is 4.74 Å². The molecule has 0 atom stereocenters. The van der Waals surface area contributed by atoms with Gasteiger partial charge in [-0.2, -0.15) is 5.26 Å². The summed E-state index contributed by atoms with van der Waals surface area (Å²) in [6.07, 6.45) is 2.16. The predicted molar refractivity (Wildman–Crippen MR) is 73.7 cm³/mol. The Morgan fingerprint density at radius 3 is 2.56 bits per heavy atom. The molecule has 0 saturated heterocycles. The van der Waals surface area contributed by atoms with Gasteiger partial charge in [0.15, 0.2) is 0 Å². The van der Waals surface area contributed by atoms with Gasteiger partial charge in [-0.3, -0.25) is 0 Å². The minimum absolute atomic E-state index is 0.612. The van der Waals surface area contributed by atoms with Gasteiger partial charge in [0.25, 0.3) is 0 Å². The van der Waals surface area contributed by atoms with Crippen molar-refractivity contribution in [2.75, 3.05) is 26.2 Å². The highest BCUT2D eigenvalue weighted by Crippen LogP contribution is 2.16. The molecule has 0 spiro atoms. The van der Waals surface area contributed by atoms with Crippen LogP contribution in [0, 0.1) is 11.3 Å². The molecule has 0 aliphatic carbocycles. The average Bonchev–Trinajstić information content (AvgIpc) is 2.43. The van der Waals surface area contributed by atoms with Crippen LogP contribution in [0.25, 0.3) is 0 Å². The number of hydrogen-bond acceptors (Lipinski definition) is 3. The fraction of sp³-hybridized carbons (Fsp3) is 0.533. The van der Waals surface area contributed by atoms with Crippen molar-refractivity contribution in [3.8, 4) is 11.8 Å². The molecule has 0 heterocycles. The van der Waals surface area contributed by atoms with Crippen molar-refractivity contribution in [1.82, 2.24) is 4.90 Å². The minimum atomic E-state index is 0.612. The molecule has 3 heteroatoms. The van der Waals surface area contributed by atoms with Gasteiger partial charge in [0.1, 0.15) is 11.8 Å². The smallest absolute Gasteiger partial charge is 0.137 e. The van der Waals surface area contributed by atoms with Crippen LogP contribution in [0.1, 0.15) is 32.3 Å². The number of rotatable bonds is 8. The summed E-state index contributed by atoms with van der Waals surface area (Å²) in [5.74, 6) is 0.697. The summed E-state index contributed by atoms with van der Waals surface area (Å²) in [5, 5.41) is 8.92. The monoisotopic (exact) mass is 246 g/mol. The molecule has 0 aliphatic rings. The highest BCUT2D eigenvalue weighted by molar-refractivity contribution is 5.42. The van der Waals surface area contributed by atoms with Crippen LogP contribution in [-0.2, 0) is 0 Å². The summed E-state index contributed by atoms with van der Waals surface area (Å²) in [5.41, 5.74) is 0.612. The number of para-hydroxylation sites is 1. The van der Waals surface area contributed by atoms with Gasteiger partial charge in [-0.15, -0.1) is 0 Å². The predicted octanol–water partition coefficient (Wildman–Crippen LogP) is 3.06. The molecule has 3 nitrogen and oxygen atoms in total. The third-order valence-corrected chi connectivity index (χ3v) is 3.03. The average molecular weight is 246 g/mol. The second kappa shape index (κ2) is 8.54. The maximum absolute atomic E-state index is 8.92. The molecule has 0 N–H and O–H groups in total. The van der Waals surface area contributed by atoms with E-state index >= 15 is 0 Å². The fourth-order valence-electron chi connectivity index (χ4n) is 1.84. The summed E-state index contributed by atoms with van der Waals surface area (Å²) >= 11 is 0. The third kappa shape index (κ3) is 4.77. The quantitative estimate of drug-likeness (QED) is 0.661. The lowest BCUT2D eigenvalue weighted by Crippen LogP contribution is -2.24. The van der Waals surface area contributed by atoms with Crippen molar-refractivity contribution >= 4 is 0 Å². The first kappa shape index (κ1) is 14.5. The van der Waals surface area contributed by atoms with E-state index in [4.69, 9.17) is 10.00 Å². The first-order valence-electron chi connectivity index (χ1n) is 6.66. The van der Waals surface area contributed by atoms with Gasteiger partial charge in [-0.25, -0.2) is 0 Å². The van der Waals surface area contributed by atoms with Crippen molar-refractivity contribution in [3.63, 3.8) is 0 Å². The summed E-state index contributed by atoms with van der Waals surface area (Å²) in [6, 6.07) is 9.52. The van der Waals surface area contributed by atoms with Crippen LogP contribution < -0.4 is 4.74 Å². The second-order valence-electron chi connectivity index (χ2n) is 4.19. The van der Waals surface area contributed by atoms with Gasteiger partial charge >= 0.3 is 0 Å². The number of ether oxygens (including phenoxy) is 1. The lowest BCUT2D eigenvalue weighted by molar-refractivity contribution is 0.266. The van der Waals surface area contributed by atoms with Gasteiger partial charge in [-0.05, 0) is 44.6 Å². The van der Waals surface area contributed by atoms with Crippen molar-refractivity contribution in [3.05, 3.63) is 29.8 Å². The van der Waals surface area contributed by atoms with E-state index in [1.54, 1.807) is 6.07 Å². The van der Waals surface area contributed by atoms with E-state index in [-0.39, 0.29) is 0 Å². The van der Waals surface area contributed by atoms with E-state index in [2.05, 4.69) is 24.8 Å². The van der Waals surface area contributed by atoms with Crippen LogP contribution in [0.5, 0.6) is 5.75 Å². The summed E-state index contributed by atoms with van der Waals surface area (Å²) < 4.78 is 5.64. The van der Waals surface area contributed by atoms with Crippen LogP contribution >= 0.6 is 0 Å². The number of benzene rings is 1. The normalized spacial score (nSPS) is 10.3. The maximum atomic E-state index is 8.92. The molecular weight excluding hydrogens is 224 g/mol. The zero-order chi connectivity index (χ0) is 13.2. The lowest BCUT2D eigenvalue weighted by atomic mass is 10.2. The minimum Gasteiger partial charge on any atom is -0.492 e. The molecular formula is C15H22N2O. The Hall–Kier alpha value is -1.53. The van der Waals surface area contributed by atoms with Gasteiger partial charge in [0.2, 0.25) is 0 Å². The van der Waals surface area contributed by atoms with E-state index in [0.29, 0.717) is 17.9 Å². The molecule has 18 heavy (non-hydrogen) atoms. The summed E-state index contributed by atoms with van der Waals surface area (Å²) in [6.45, 7) is 8.38. The largest absolute Gasteiger partial charge is 0.492 e. The fourth-order valence-corrected chi connectivity index (χ4v) is 1.84. The molecule has 98 valence electrons. The van der Waals surface area contributed by atoms with Gasteiger partial charge in [0, 0.05) is 0 Å². The Bertz CT molecular complexity index is 380. The molecule has 1 rings (SSSR count). The molecule has 0 radical (unpaired) electrons. The van der Waals surface area contributed by atoms with Crippen LogP contribution in [-0.4, -0.2) is 31.1 Å². The number of nitriles is 1. The zero-order valence-electron chi connectivity index (χ0n) is 11.4. The van der Waals surface area contributed by atoms with Crippen molar-refractivity contribution in [2.45, 2.75) is 26.7 Å². The van der Waals surface area contributed by atoms with E-state index in [0.717, 1.165) is 32.5 Å². The van der Waals surface area contributed by atoms with E-state index < -0.39 is 0 Å². The molecule has 0 fully saturated rings. The highest BCUT2D eigenvalue weighted by Gasteiger charge is 2.02. The Kier molecular flexibility index (Phi) is 6.90. The van der Waals surface area contributed by atoms with Crippen molar-refractivity contribution in [2.24, 2.45) is 0 Å². The van der Waals surface area contributed by atoms with Crippen molar-refractivity contribution in [1.29, 1.82) is 5.26 Å². The second-order valence-corrected chi connectivity index (χ2v) is 4.19. The first-order chi connectivity index (χ1) is 8.81. The molecule has 0 unspecified atom stereocenters. The third-order valence-electron chi connectivity index (χ3n) is 3.03. The topological polar surface area (TPSA) is 36.3 Å². The molecule has 0 bridgehead atoms. The zero-order valence-corrected chi connectivity index (χ0v) is 11.4. The standard InChI is InChI=1S/C15H22N2O/c1-3-17(4-2)11-7-8-12-18-15-10-6-5-9-14(15)13-16/h5-6,9-10H,3-4,7-8,11-12H2,1-2H3. The maximum Gasteiger partial charge on any atom is 0.137 e. The summed E-state index contributed by atoms with van der Waals surface area (Å²) in [4.78, 5) is 2.41. The van der Waals surface area contributed by atoms with Gasteiger partial charge in [-0.1, -0.05) is 26.0 Å². The molecule has 0 aliphatic heterocycles. The van der Waals surface area contributed by atoms with Crippen LogP contribution in [0.4, 0.5) is 0 Å². The summed E-state index contributed by atoms with van der Waals surface area (Å²) in [7, 11) is 0. The Morgan fingerprint density at radius 2 is 1.89 bits per heavy atom. The Labute approximate surface area is 110 Å².